The van der Waals surface area contributed by atoms with Crippen molar-refractivity contribution in [2.24, 2.45) is 5.92 Å². The van der Waals surface area contributed by atoms with Gasteiger partial charge in [-0.1, -0.05) is 65.2 Å². The second-order valence-electron chi connectivity index (χ2n) is 5.45. The van der Waals surface area contributed by atoms with E-state index in [-0.39, 0.29) is 0 Å². The minimum atomic E-state index is 0.987. The molecule has 0 aromatic rings. The lowest BCUT2D eigenvalue weighted by Gasteiger charge is -2.19. The highest BCUT2D eigenvalue weighted by atomic mass is 15.0. The van der Waals surface area contributed by atoms with Gasteiger partial charge >= 0.3 is 0 Å². The number of rotatable bonds is 11. The molecule has 0 aromatic carbocycles. The Kier molecular flexibility index (Phi) is 11.4. The minimum absolute atomic E-state index is 0.987. The Balaban J connectivity index is 3.67. The van der Waals surface area contributed by atoms with E-state index in [4.69, 9.17) is 0 Å². The van der Waals surface area contributed by atoms with Gasteiger partial charge in [0, 0.05) is 0 Å². The van der Waals surface area contributed by atoms with E-state index in [1.807, 2.05) is 0 Å². The van der Waals surface area contributed by atoms with Crippen molar-refractivity contribution in [3.8, 4) is 0 Å². The fourth-order valence-electron chi connectivity index (χ4n) is 2.24. The lowest BCUT2D eigenvalue weighted by Crippen LogP contribution is -2.16. The molecule has 0 saturated heterocycles. The molecule has 1 nitrogen and oxygen atoms in total. The van der Waals surface area contributed by atoms with Crippen molar-refractivity contribution in [1.82, 2.24) is 4.90 Å². The molecule has 0 aliphatic heterocycles. The first-order valence-corrected chi connectivity index (χ1v) is 7.35. The van der Waals surface area contributed by atoms with Gasteiger partial charge < -0.3 is 4.90 Å². The first-order valence-electron chi connectivity index (χ1n) is 7.35. The first-order chi connectivity index (χ1) is 7.70. The monoisotopic (exact) mass is 227 g/mol. The van der Waals surface area contributed by atoms with Gasteiger partial charge in [0.1, 0.15) is 0 Å². The molecule has 0 radical (unpaired) electrons. The summed E-state index contributed by atoms with van der Waals surface area (Å²) in [6.45, 7) is 5.86. The molecule has 0 atom stereocenters. The maximum absolute atomic E-state index is 2.33. The van der Waals surface area contributed by atoms with Crippen LogP contribution in [0, 0.1) is 5.92 Å². The number of nitrogens with zero attached hydrogens (tertiary/aromatic N) is 1. The Morgan fingerprint density at radius 2 is 1.25 bits per heavy atom. The minimum Gasteiger partial charge on any atom is -0.309 e. The van der Waals surface area contributed by atoms with E-state index in [1.54, 1.807) is 0 Å². The lowest BCUT2D eigenvalue weighted by molar-refractivity contribution is 0.316. The molecule has 98 valence electrons. The molecule has 0 spiro atoms. The molecule has 0 aromatic heterocycles. The van der Waals surface area contributed by atoms with Crippen LogP contribution in [0.1, 0.15) is 71.6 Å². The largest absolute Gasteiger partial charge is 0.309 e. The highest BCUT2D eigenvalue weighted by molar-refractivity contribution is 4.62. The third kappa shape index (κ3) is 10.5. The van der Waals surface area contributed by atoms with E-state index in [1.165, 1.54) is 64.3 Å². The van der Waals surface area contributed by atoms with Gasteiger partial charge in [-0.05, 0) is 33.0 Å². The fourth-order valence-corrected chi connectivity index (χ4v) is 2.24. The Morgan fingerprint density at radius 1 is 0.750 bits per heavy atom. The smallest absolute Gasteiger partial charge is 0.00222 e. The molecule has 0 saturated carbocycles. The highest BCUT2D eigenvalue weighted by Crippen LogP contribution is 2.20. The molecule has 0 heterocycles. The third-order valence-electron chi connectivity index (χ3n) is 3.42. The second-order valence-corrected chi connectivity index (χ2v) is 5.45. The molecular weight excluding hydrogens is 194 g/mol. The molecule has 16 heavy (non-hydrogen) atoms. The van der Waals surface area contributed by atoms with Crippen LogP contribution in [0.4, 0.5) is 0 Å². The summed E-state index contributed by atoms with van der Waals surface area (Å²) in [5.41, 5.74) is 0. The summed E-state index contributed by atoms with van der Waals surface area (Å²) >= 11 is 0. The van der Waals surface area contributed by atoms with Crippen molar-refractivity contribution in [3.63, 3.8) is 0 Å². The van der Waals surface area contributed by atoms with E-state index in [0.29, 0.717) is 0 Å². The van der Waals surface area contributed by atoms with E-state index in [2.05, 4.69) is 32.8 Å². The summed E-state index contributed by atoms with van der Waals surface area (Å²) in [5.74, 6) is 0.987. The molecule has 0 aliphatic rings. The third-order valence-corrected chi connectivity index (χ3v) is 3.42. The zero-order valence-corrected chi connectivity index (χ0v) is 12.1. The number of hydrogen-bond donors (Lipinski definition) is 0. The lowest BCUT2D eigenvalue weighted by atomic mass is 9.92. The van der Waals surface area contributed by atoms with Gasteiger partial charge in [-0.15, -0.1) is 0 Å². The van der Waals surface area contributed by atoms with Crippen molar-refractivity contribution in [2.45, 2.75) is 71.6 Å². The van der Waals surface area contributed by atoms with Crippen molar-refractivity contribution in [2.75, 3.05) is 20.6 Å². The maximum Gasteiger partial charge on any atom is -0.00222 e. The quantitative estimate of drug-likeness (QED) is 0.462. The first kappa shape index (κ1) is 16.0. The van der Waals surface area contributed by atoms with Crippen LogP contribution in [0.3, 0.4) is 0 Å². The average Bonchev–Trinajstić information content (AvgIpc) is 2.25. The summed E-state index contributed by atoms with van der Waals surface area (Å²) in [4.78, 5) is 2.33. The molecule has 0 amide bonds. The van der Waals surface area contributed by atoms with Crippen molar-refractivity contribution >= 4 is 0 Å². The van der Waals surface area contributed by atoms with Crippen LogP contribution in [-0.4, -0.2) is 25.5 Å². The SMILES string of the molecule is CCCCCC(CCCCC)CCN(C)C. The van der Waals surface area contributed by atoms with Crippen LogP contribution < -0.4 is 0 Å². The van der Waals surface area contributed by atoms with E-state index in [0.717, 1.165) is 5.92 Å². The molecule has 0 fully saturated rings. The van der Waals surface area contributed by atoms with Gasteiger partial charge in [-0.25, -0.2) is 0 Å². The van der Waals surface area contributed by atoms with Crippen molar-refractivity contribution < 1.29 is 0 Å². The summed E-state index contributed by atoms with van der Waals surface area (Å²) in [5, 5.41) is 0. The highest BCUT2D eigenvalue weighted by Gasteiger charge is 2.08. The van der Waals surface area contributed by atoms with Crippen LogP contribution in [0.2, 0.25) is 0 Å². The van der Waals surface area contributed by atoms with Crippen molar-refractivity contribution in [3.05, 3.63) is 0 Å². The van der Waals surface area contributed by atoms with Crippen LogP contribution in [0.5, 0.6) is 0 Å². The Bertz CT molecular complexity index is 121. The topological polar surface area (TPSA) is 3.24 Å². The summed E-state index contributed by atoms with van der Waals surface area (Å²) in [6, 6.07) is 0. The van der Waals surface area contributed by atoms with Crippen LogP contribution in [0.15, 0.2) is 0 Å². The Morgan fingerprint density at radius 3 is 1.62 bits per heavy atom. The summed E-state index contributed by atoms with van der Waals surface area (Å²) in [7, 11) is 4.38. The van der Waals surface area contributed by atoms with Crippen LogP contribution in [-0.2, 0) is 0 Å². The second kappa shape index (κ2) is 11.4. The average molecular weight is 227 g/mol. The summed E-state index contributed by atoms with van der Waals surface area (Å²) in [6.07, 6.45) is 12.8. The standard InChI is InChI=1S/C15H33N/c1-5-7-9-11-15(12-10-8-6-2)13-14-16(3)4/h15H,5-14H2,1-4H3. The van der Waals surface area contributed by atoms with E-state index in [9.17, 15) is 0 Å². The van der Waals surface area contributed by atoms with E-state index < -0.39 is 0 Å². The normalized spacial score (nSPS) is 11.6. The molecule has 0 bridgehead atoms. The molecule has 0 unspecified atom stereocenters. The van der Waals surface area contributed by atoms with E-state index >= 15 is 0 Å². The maximum atomic E-state index is 2.33. The summed E-state index contributed by atoms with van der Waals surface area (Å²) < 4.78 is 0. The Labute approximate surface area is 104 Å². The number of unbranched alkanes of at least 4 members (excludes halogenated alkanes) is 4. The van der Waals surface area contributed by atoms with Gasteiger partial charge in [-0.2, -0.15) is 0 Å². The van der Waals surface area contributed by atoms with Gasteiger partial charge in [0.15, 0.2) is 0 Å². The molecule has 0 rings (SSSR count). The number of hydrogen-bond acceptors (Lipinski definition) is 1. The van der Waals surface area contributed by atoms with Gasteiger partial charge in [-0.3, -0.25) is 0 Å². The fraction of sp³-hybridized carbons (Fsp3) is 1.00. The van der Waals surface area contributed by atoms with Crippen molar-refractivity contribution in [1.29, 1.82) is 0 Å². The van der Waals surface area contributed by atoms with Gasteiger partial charge in [0.2, 0.25) is 0 Å². The zero-order chi connectivity index (χ0) is 12.2. The van der Waals surface area contributed by atoms with Crippen LogP contribution >= 0.6 is 0 Å². The predicted octanol–water partition coefficient (Wildman–Crippen LogP) is 4.71. The molecular formula is C15H33N. The molecule has 0 N–H and O–H groups in total. The Hall–Kier alpha value is -0.0400. The zero-order valence-electron chi connectivity index (χ0n) is 12.1. The van der Waals surface area contributed by atoms with Gasteiger partial charge in [0.05, 0.1) is 0 Å². The van der Waals surface area contributed by atoms with Crippen LogP contribution in [0.25, 0.3) is 0 Å². The van der Waals surface area contributed by atoms with Gasteiger partial charge in [0.25, 0.3) is 0 Å². The molecule has 0 aliphatic carbocycles. The molecule has 1 heteroatoms. The predicted molar refractivity (Wildman–Crippen MR) is 74.9 cm³/mol.